The topological polar surface area (TPSA) is 40.5 Å². The van der Waals surface area contributed by atoms with Gasteiger partial charge < -0.3 is 5.11 Å². The van der Waals surface area contributed by atoms with Gasteiger partial charge in [0.15, 0.2) is 0 Å². The minimum Gasteiger partial charge on any atom is -0.481 e. The fourth-order valence-electron chi connectivity index (χ4n) is 1.52. The van der Waals surface area contributed by atoms with Gasteiger partial charge in [0.1, 0.15) is 0 Å². The molecule has 0 radical (unpaired) electrons. The van der Waals surface area contributed by atoms with Gasteiger partial charge in [-0.3, -0.25) is 9.69 Å². The summed E-state index contributed by atoms with van der Waals surface area (Å²) in [4.78, 5) is 12.6. The average Bonchev–Trinajstić information content (AvgIpc) is 2.34. The van der Waals surface area contributed by atoms with Crippen LogP contribution in [0.4, 0.5) is 0 Å². The van der Waals surface area contributed by atoms with Crippen LogP contribution < -0.4 is 0 Å². The van der Waals surface area contributed by atoms with Gasteiger partial charge in [0.05, 0.1) is 13.0 Å². The Hall–Kier alpha value is -1.79. The molecule has 1 N–H and O–H groups in total. The Morgan fingerprint density at radius 2 is 2.00 bits per heavy atom. The van der Waals surface area contributed by atoms with Crippen molar-refractivity contribution in [1.82, 2.24) is 4.90 Å². The van der Waals surface area contributed by atoms with E-state index in [1.807, 2.05) is 44.2 Å². The molecule has 0 bridgehead atoms. The van der Waals surface area contributed by atoms with Gasteiger partial charge >= 0.3 is 5.97 Å². The first-order valence-electron chi connectivity index (χ1n) is 6.09. The smallest absolute Gasteiger partial charge is 0.304 e. The summed E-state index contributed by atoms with van der Waals surface area (Å²) in [5.74, 6) is 5.40. The van der Waals surface area contributed by atoms with Crippen molar-refractivity contribution in [2.45, 2.75) is 26.3 Å². The van der Waals surface area contributed by atoms with Crippen molar-refractivity contribution in [3.63, 3.8) is 0 Å². The summed E-state index contributed by atoms with van der Waals surface area (Å²) < 4.78 is 0. The number of hydrogen-bond donors (Lipinski definition) is 1. The third kappa shape index (κ3) is 5.51. The van der Waals surface area contributed by atoms with Crippen LogP contribution in [-0.4, -0.2) is 35.1 Å². The van der Waals surface area contributed by atoms with Gasteiger partial charge in [-0.05, 0) is 26.0 Å². The van der Waals surface area contributed by atoms with Crippen LogP contribution >= 0.6 is 0 Å². The lowest BCUT2D eigenvalue weighted by Crippen LogP contribution is -2.33. The molecule has 0 aromatic heterocycles. The summed E-state index contributed by atoms with van der Waals surface area (Å²) in [5, 5.41) is 8.68. The lowest BCUT2D eigenvalue weighted by atomic mass is 10.2. The third-order valence-corrected chi connectivity index (χ3v) is 2.63. The summed E-state index contributed by atoms with van der Waals surface area (Å²) in [7, 11) is 0. The molecule has 0 aliphatic carbocycles. The number of benzene rings is 1. The first-order valence-corrected chi connectivity index (χ1v) is 6.09. The van der Waals surface area contributed by atoms with Crippen LogP contribution in [0.5, 0.6) is 0 Å². The van der Waals surface area contributed by atoms with Gasteiger partial charge in [-0.2, -0.15) is 0 Å². The van der Waals surface area contributed by atoms with Gasteiger partial charge in [-0.25, -0.2) is 0 Å². The largest absolute Gasteiger partial charge is 0.481 e. The highest BCUT2D eigenvalue weighted by Gasteiger charge is 2.09. The quantitative estimate of drug-likeness (QED) is 0.809. The van der Waals surface area contributed by atoms with Gasteiger partial charge in [0.25, 0.3) is 0 Å². The van der Waals surface area contributed by atoms with Gasteiger partial charge in [0, 0.05) is 18.2 Å². The highest BCUT2D eigenvalue weighted by molar-refractivity contribution is 5.66. The SMILES string of the molecule is CC(C)N(CC#Cc1ccccc1)CCC(=O)O. The summed E-state index contributed by atoms with van der Waals surface area (Å²) in [6.45, 7) is 5.23. The first-order chi connectivity index (χ1) is 8.59. The number of aliphatic carboxylic acids is 1. The Kier molecular flexibility index (Phi) is 5.96. The van der Waals surface area contributed by atoms with Crippen molar-refractivity contribution in [1.29, 1.82) is 0 Å². The van der Waals surface area contributed by atoms with E-state index in [4.69, 9.17) is 5.11 Å². The van der Waals surface area contributed by atoms with Crippen LogP contribution in [0.25, 0.3) is 0 Å². The molecule has 1 aromatic carbocycles. The maximum Gasteiger partial charge on any atom is 0.304 e. The molecular formula is C15H19NO2. The van der Waals surface area contributed by atoms with E-state index >= 15 is 0 Å². The van der Waals surface area contributed by atoms with E-state index in [0.29, 0.717) is 19.1 Å². The molecule has 1 rings (SSSR count). The highest BCUT2D eigenvalue weighted by atomic mass is 16.4. The van der Waals surface area contributed by atoms with Crippen molar-refractivity contribution in [3.05, 3.63) is 35.9 Å². The first kappa shape index (κ1) is 14.3. The summed E-state index contributed by atoms with van der Waals surface area (Å²) in [5.41, 5.74) is 0.986. The van der Waals surface area contributed by atoms with Crippen molar-refractivity contribution < 1.29 is 9.90 Å². The van der Waals surface area contributed by atoms with E-state index < -0.39 is 5.97 Å². The molecule has 0 aliphatic heterocycles. The Morgan fingerprint density at radius 1 is 1.33 bits per heavy atom. The van der Waals surface area contributed by atoms with Crippen LogP contribution in [0.1, 0.15) is 25.8 Å². The second-order valence-electron chi connectivity index (χ2n) is 4.38. The predicted octanol–water partition coefficient (Wildman–Crippen LogP) is 2.22. The number of carbonyl (C=O) groups is 1. The monoisotopic (exact) mass is 245 g/mol. The zero-order valence-corrected chi connectivity index (χ0v) is 10.9. The summed E-state index contributed by atoms with van der Waals surface area (Å²) >= 11 is 0. The van der Waals surface area contributed by atoms with Crippen LogP contribution in [0.3, 0.4) is 0 Å². The van der Waals surface area contributed by atoms with Crippen LogP contribution in [0.15, 0.2) is 30.3 Å². The minimum atomic E-state index is -0.767. The molecule has 18 heavy (non-hydrogen) atoms. The highest BCUT2D eigenvalue weighted by Crippen LogP contribution is 2.00. The predicted molar refractivity (Wildman–Crippen MR) is 72.3 cm³/mol. The van der Waals surface area contributed by atoms with Crippen molar-refractivity contribution >= 4 is 5.97 Å². The molecule has 3 nitrogen and oxygen atoms in total. The lowest BCUT2D eigenvalue weighted by Gasteiger charge is -2.22. The molecule has 0 aliphatic rings. The van der Waals surface area contributed by atoms with Crippen molar-refractivity contribution in [3.8, 4) is 11.8 Å². The Morgan fingerprint density at radius 3 is 2.56 bits per heavy atom. The van der Waals surface area contributed by atoms with Crippen molar-refractivity contribution in [2.24, 2.45) is 0 Å². The molecule has 0 fully saturated rings. The Balaban J connectivity index is 2.52. The maximum atomic E-state index is 10.6. The fraction of sp³-hybridized carbons (Fsp3) is 0.400. The average molecular weight is 245 g/mol. The molecule has 0 spiro atoms. The molecule has 0 amide bonds. The molecule has 96 valence electrons. The van der Waals surface area contributed by atoms with Crippen LogP contribution in [-0.2, 0) is 4.79 Å². The number of nitrogens with zero attached hydrogens (tertiary/aromatic N) is 1. The number of carboxylic acid groups (broad SMARTS) is 1. The molecule has 0 heterocycles. The molecular weight excluding hydrogens is 226 g/mol. The molecule has 0 unspecified atom stereocenters. The van der Waals surface area contributed by atoms with E-state index in [2.05, 4.69) is 16.7 Å². The van der Waals surface area contributed by atoms with Gasteiger partial charge in [-0.15, -0.1) is 0 Å². The van der Waals surface area contributed by atoms with E-state index in [1.165, 1.54) is 0 Å². The molecule has 3 heteroatoms. The van der Waals surface area contributed by atoms with E-state index in [1.54, 1.807) is 0 Å². The van der Waals surface area contributed by atoms with Crippen LogP contribution in [0.2, 0.25) is 0 Å². The lowest BCUT2D eigenvalue weighted by molar-refractivity contribution is -0.137. The number of rotatable bonds is 5. The molecule has 0 saturated heterocycles. The zero-order chi connectivity index (χ0) is 13.4. The second-order valence-corrected chi connectivity index (χ2v) is 4.38. The third-order valence-electron chi connectivity index (χ3n) is 2.63. The minimum absolute atomic E-state index is 0.158. The second kappa shape index (κ2) is 7.52. The standard InChI is InChI=1S/C15H19NO2/c1-13(2)16(12-10-15(17)18)11-6-9-14-7-4-3-5-8-14/h3-5,7-8,13H,10-12H2,1-2H3,(H,17,18). The summed E-state index contributed by atoms with van der Waals surface area (Å²) in [6, 6.07) is 10.1. The van der Waals surface area contributed by atoms with Crippen molar-refractivity contribution in [2.75, 3.05) is 13.1 Å². The Labute approximate surface area is 108 Å². The van der Waals surface area contributed by atoms with Crippen LogP contribution in [0, 0.1) is 11.8 Å². The fourth-order valence-corrected chi connectivity index (χ4v) is 1.52. The van der Waals surface area contributed by atoms with E-state index in [-0.39, 0.29) is 6.42 Å². The normalized spacial score (nSPS) is 10.2. The van der Waals surface area contributed by atoms with E-state index in [0.717, 1.165) is 5.56 Å². The maximum absolute atomic E-state index is 10.6. The number of hydrogen-bond acceptors (Lipinski definition) is 2. The molecule has 0 atom stereocenters. The summed E-state index contributed by atoms with van der Waals surface area (Å²) in [6.07, 6.45) is 0.158. The van der Waals surface area contributed by atoms with Gasteiger partial charge in [0.2, 0.25) is 0 Å². The molecule has 1 aromatic rings. The zero-order valence-electron chi connectivity index (χ0n) is 10.9. The number of carboxylic acids is 1. The molecule has 0 saturated carbocycles. The van der Waals surface area contributed by atoms with Gasteiger partial charge in [-0.1, -0.05) is 30.0 Å². The Bertz CT molecular complexity index is 429. The van der Waals surface area contributed by atoms with E-state index in [9.17, 15) is 4.79 Å².